The van der Waals surface area contributed by atoms with Gasteiger partial charge in [0.15, 0.2) is 18.1 Å². The zero-order valence-corrected chi connectivity index (χ0v) is 21.2. The molecule has 0 aliphatic carbocycles. The van der Waals surface area contributed by atoms with Crippen LogP contribution in [-0.2, 0) is 27.2 Å². The van der Waals surface area contributed by atoms with E-state index >= 15 is 0 Å². The highest BCUT2D eigenvalue weighted by atomic mass is 19.1. The molecule has 0 N–H and O–H groups in total. The van der Waals surface area contributed by atoms with Crippen molar-refractivity contribution in [1.82, 2.24) is 4.90 Å². The van der Waals surface area contributed by atoms with Crippen LogP contribution in [0, 0.1) is 5.82 Å². The molecule has 0 saturated heterocycles. The molecule has 0 spiro atoms. The molecule has 0 saturated carbocycles. The van der Waals surface area contributed by atoms with Crippen LogP contribution in [0.15, 0.2) is 60.7 Å². The topological polar surface area (TPSA) is 74.3 Å². The SMILES string of the molecule is COC(=O)CCc1ccc(OCC(=O)N2CCc3cc(OC)c(OC)cc3C2c2ccc(F)cc2)cc1. The molecule has 8 heteroatoms. The molecule has 0 aromatic heterocycles. The van der Waals surface area contributed by atoms with E-state index in [1.54, 1.807) is 43.4 Å². The van der Waals surface area contributed by atoms with Crippen molar-refractivity contribution in [3.8, 4) is 17.2 Å². The minimum absolute atomic E-state index is 0.151. The van der Waals surface area contributed by atoms with Crippen LogP contribution in [0.3, 0.4) is 0 Å². The minimum atomic E-state index is -0.430. The maximum absolute atomic E-state index is 13.7. The third-order valence-corrected chi connectivity index (χ3v) is 6.51. The van der Waals surface area contributed by atoms with Gasteiger partial charge in [0.05, 0.1) is 27.4 Å². The minimum Gasteiger partial charge on any atom is -0.493 e. The highest BCUT2D eigenvalue weighted by Gasteiger charge is 2.33. The summed E-state index contributed by atoms with van der Waals surface area (Å²) in [5.41, 5.74) is 3.70. The number of nitrogens with zero attached hydrogens (tertiary/aromatic N) is 1. The summed E-state index contributed by atoms with van der Waals surface area (Å²) in [7, 11) is 4.52. The van der Waals surface area contributed by atoms with Gasteiger partial charge in [-0.05, 0) is 71.5 Å². The Labute approximate surface area is 215 Å². The van der Waals surface area contributed by atoms with Crippen molar-refractivity contribution in [2.24, 2.45) is 0 Å². The van der Waals surface area contributed by atoms with Crippen LogP contribution in [0.1, 0.15) is 34.7 Å². The summed E-state index contributed by atoms with van der Waals surface area (Å²) in [6, 6.07) is 16.8. The second-order valence-electron chi connectivity index (χ2n) is 8.71. The van der Waals surface area contributed by atoms with Gasteiger partial charge >= 0.3 is 5.97 Å². The molecule has 1 aliphatic heterocycles. The number of hydrogen-bond acceptors (Lipinski definition) is 6. The third-order valence-electron chi connectivity index (χ3n) is 6.51. The third kappa shape index (κ3) is 6.02. The van der Waals surface area contributed by atoms with Crippen molar-refractivity contribution in [2.75, 3.05) is 34.5 Å². The van der Waals surface area contributed by atoms with E-state index < -0.39 is 6.04 Å². The molecule has 1 heterocycles. The van der Waals surface area contributed by atoms with Crippen molar-refractivity contribution in [1.29, 1.82) is 0 Å². The van der Waals surface area contributed by atoms with Gasteiger partial charge in [0, 0.05) is 13.0 Å². The summed E-state index contributed by atoms with van der Waals surface area (Å²) in [6.45, 7) is 0.320. The quantitative estimate of drug-likeness (QED) is 0.397. The van der Waals surface area contributed by atoms with Crippen LogP contribution in [0.5, 0.6) is 17.2 Å². The van der Waals surface area contributed by atoms with Gasteiger partial charge in [-0.25, -0.2) is 4.39 Å². The number of aryl methyl sites for hydroxylation is 1. The van der Waals surface area contributed by atoms with E-state index in [1.165, 1.54) is 19.2 Å². The van der Waals surface area contributed by atoms with Crippen molar-refractivity contribution in [3.63, 3.8) is 0 Å². The van der Waals surface area contributed by atoms with Crippen molar-refractivity contribution < 1.29 is 32.9 Å². The molecule has 37 heavy (non-hydrogen) atoms. The molecule has 4 rings (SSSR count). The maximum atomic E-state index is 13.7. The van der Waals surface area contributed by atoms with E-state index in [0.29, 0.717) is 43.1 Å². The second kappa shape index (κ2) is 11.8. The average Bonchev–Trinajstić information content (AvgIpc) is 2.94. The van der Waals surface area contributed by atoms with Crippen LogP contribution >= 0.6 is 0 Å². The molecule has 1 aliphatic rings. The Morgan fingerprint density at radius 2 is 1.62 bits per heavy atom. The normalized spacial score (nSPS) is 14.5. The lowest BCUT2D eigenvalue weighted by Crippen LogP contribution is -2.43. The van der Waals surface area contributed by atoms with Gasteiger partial charge in [0.25, 0.3) is 5.91 Å². The number of methoxy groups -OCH3 is 3. The van der Waals surface area contributed by atoms with Crippen LogP contribution in [0.25, 0.3) is 0 Å². The smallest absolute Gasteiger partial charge is 0.305 e. The van der Waals surface area contributed by atoms with E-state index in [0.717, 1.165) is 22.3 Å². The number of hydrogen-bond donors (Lipinski definition) is 0. The molecule has 3 aromatic carbocycles. The summed E-state index contributed by atoms with van der Waals surface area (Å²) in [4.78, 5) is 26.5. The first-order valence-corrected chi connectivity index (χ1v) is 12.0. The Morgan fingerprint density at radius 1 is 0.946 bits per heavy atom. The monoisotopic (exact) mass is 507 g/mol. The number of ether oxygens (including phenoxy) is 4. The van der Waals surface area contributed by atoms with E-state index in [-0.39, 0.29) is 24.3 Å². The van der Waals surface area contributed by atoms with Gasteiger partial charge in [0.1, 0.15) is 11.6 Å². The second-order valence-corrected chi connectivity index (χ2v) is 8.71. The van der Waals surface area contributed by atoms with Crippen LogP contribution < -0.4 is 14.2 Å². The van der Waals surface area contributed by atoms with Gasteiger partial charge < -0.3 is 23.8 Å². The number of amides is 1. The molecule has 1 atom stereocenters. The fourth-order valence-corrected chi connectivity index (χ4v) is 4.55. The fraction of sp³-hybridized carbons (Fsp3) is 0.310. The van der Waals surface area contributed by atoms with E-state index in [9.17, 15) is 14.0 Å². The number of rotatable bonds is 9. The Kier molecular flexibility index (Phi) is 8.28. The molecule has 0 radical (unpaired) electrons. The van der Waals surface area contributed by atoms with Gasteiger partial charge in [0.2, 0.25) is 0 Å². The van der Waals surface area contributed by atoms with Crippen molar-refractivity contribution in [2.45, 2.75) is 25.3 Å². The highest BCUT2D eigenvalue weighted by Crippen LogP contribution is 2.41. The summed E-state index contributed by atoms with van der Waals surface area (Å²) >= 11 is 0. The Hall–Kier alpha value is -4.07. The number of carbonyl (C=O) groups is 2. The fourth-order valence-electron chi connectivity index (χ4n) is 4.55. The molecular weight excluding hydrogens is 477 g/mol. The molecule has 7 nitrogen and oxygen atoms in total. The highest BCUT2D eigenvalue weighted by molar-refractivity contribution is 5.79. The van der Waals surface area contributed by atoms with Crippen LogP contribution in [0.4, 0.5) is 4.39 Å². The predicted octanol–water partition coefficient (Wildman–Crippen LogP) is 4.50. The largest absolute Gasteiger partial charge is 0.493 e. The van der Waals surface area contributed by atoms with Gasteiger partial charge in [-0.15, -0.1) is 0 Å². The first-order chi connectivity index (χ1) is 17.9. The molecule has 3 aromatic rings. The summed E-state index contributed by atoms with van der Waals surface area (Å²) in [6.07, 6.45) is 1.49. The Morgan fingerprint density at radius 3 is 2.27 bits per heavy atom. The zero-order chi connectivity index (χ0) is 26.4. The van der Waals surface area contributed by atoms with Crippen molar-refractivity contribution in [3.05, 3.63) is 88.7 Å². The molecule has 1 amide bonds. The Bertz CT molecular complexity index is 1240. The van der Waals surface area contributed by atoms with Crippen LogP contribution in [0.2, 0.25) is 0 Å². The Balaban J connectivity index is 1.53. The average molecular weight is 508 g/mol. The first kappa shape index (κ1) is 26.0. The van der Waals surface area contributed by atoms with E-state index in [4.69, 9.17) is 14.2 Å². The van der Waals surface area contributed by atoms with Crippen molar-refractivity contribution >= 4 is 11.9 Å². The zero-order valence-electron chi connectivity index (χ0n) is 21.2. The van der Waals surface area contributed by atoms with E-state index in [2.05, 4.69) is 4.74 Å². The number of esters is 1. The van der Waals surface area contributed by atoms with Gasteiger partial charge in [-0.2, -0.15) is 0 Å². The standard InChI is InChI=1S/C29H30FNO6/c1-34-25-16-21-14-15-31(29(24(21)17-26(25)35-2)20-7-9-22(30)10-8-20)27(32)18-37-23-11-4-19(5-12-23)6-13-28(33)36-3/h4-5,7-12,16-17,29H,6,13-15,18H2,1-3H3. The first-order valence-electron chi connectivity index (χ1n) is 12.0. The van der Waals surface area contributed by atoms with E-state index in [1.807, 2.05) is 24.3 Å². The van der Waals surface area contributed by atoms with Gasteiger partial charge in [-0.3, -0.25) is 9.59 Å². The molecule has 194 valence electrons. The molecule has 0 fully saturated rings. The summed E-state index contributed by atoms with van der Waals surface area (Å²) in [5.74, 6) is 0.939. The molecule has 0 bridgehead atoms. The lowest BCUT2D eigenvalue weighted by Gasteiger charge is -2.38. The molecule has 1 unspecified atom stereocenters. The molecular formula is C29H30FNO6. The predicted molar refractivity (Wildman–Crippen MR) is 135 cm³/mol. The number of halogens is 1. The summed E-state index contributed by atoms with van der Waals surface area (Å²) < 4.78 is 35.2. The lowest BCUT2D eigenvalue weighted by molar-refractivity contribution is -0.140. The van der Waals surface area contributed by atoms with Gasteiger partial charge in [-0.1, -0.05) is 24.3 Å². The van der Waals surface area contributed by atoms with Crippen LogP contribution in [-0.4, -0.2) is 51.3 Å². The number of benzene rings is 3. The summed E-state index contributed by atoms with van der Waals surface area (Å²) in [5, 5.41) is 0. The number of carbonyl (C=O) groups excluding carboxylic acids is 2. The number of fused-ring (bicyclic) bond motifs is 1. The lowest BCUT2D eigenvalue weighted by atomic mass is 9.87. The maximum Gasteiger partial charge on any atom is 0.305 e.